The van der Waals surface area contributed by atoms with Gasteiger partial charge in [-0.05, 0) is 41.8 Å². The first-order valence-corrected chi connectivity index (χ1v) is 10.2. The Bertz CT molecular complexity index is 1220. The van der Waals surface area contributed by atoms with Crippen LogP contribution in [-0.4, -0.2) is 31.2 Å². The van der Waals surface area contributed by atoms with E-state index in [1.54, 1.807) is 12.1 Å². The van der Waals surface area contributed by atoms with Crippen molar-refractivity contribution in [2.24, 2.45) is 0 Å². The molecule has 1 aromatic heterocycles. The molecule has 0 radical (unpaired) electrons. The third kappa shape index (κ3) is 5.25. The largest absolute Gasteiger partial charge is 0.493 e. The highest BCUT2D eigenvalue weighted by atomic mass is 79.9. The van der Waals surface area contributed by atoms with E-state index in [2.05, 4.69) is 26.2 Å². The highest BCUT2D eigenvalue weighted by Crippen LogP contribution is 2.34. The molecule has 0 aliphatic heterocycles. The van der Waals surface area contributed by atoms with Crippen LogP contribution in [0.1, 0.15) is 11.1 Å². The van der Waals surface area contributed by atoms with Gasteiger partial charge in [0.2, 0.25) is 0 Å². The number of fused-ring (bicyclic) bond motifs is 1. The summed E-state index contributed by atoms with van der Waals surface area (Å²) in [5.41, 5.74) is 2.68. The van der Waals surface area contributed by atoms with Gasteiger partial charge >= 0.3 is 0 Å². The van der Waals surface area contributed by atoms with E-state index < -0.39 is 5.91 Å². The fourth-order valence-corrected chi connectivity index (χ4v) is 3.53. The number of hydrogen-bond acceptors (Lipinski definition) is 5. The number of rotatable bonds is 8. The number of methoxy groups -OCH3 is 1. The first-order valence-electron chi connectivity index (χ1n) is 9.39. The summed E-state index contributed by atoms with van der Waals surface area (Å²) in [6.45, 7) is 0.269. The first-order chi connectivity index (χ1) is 15.1. The van der Waals surface area contributed by atoms with Gasteiger partial charge in [0.1, 0.15) is 17.7 Å². The van der Waals surface area contributed by atoms with Gasteiger partial charge in [-0.3, -0.25) is 4.79 Å². The molecule has 3 aromatic rings. The number of halogens is 1. The van der Waals surface area contributed by atoms with Gasteiger partial charge in [-0.15, -0.1) is 0 Å². The normalized spacial score (nSPS) is 10.9. The van der Waals surface area contributed by atoms with Crippen molar-refractivity contribution in [1.82, 2.24) is 10.3 Å². The Morgan fingerprint density at radius 2 is 2.06 bits per heavy atom. The molecule has 8 heteroatoms. The number of carbonyl (C=O) groups excluding carboxylic acids is 1. The van der Waals surface area contributed by atoms with Gasteiger partial charge in [-0.25, -0.2) is 0 Å². The van der Waals surface area contributed by atoms with Gasteiger partial charge < -0.3 is 19.8 Å². The third-order valence-electron chi connectivity index (χ3n) is 4.59. The predicted molar refractivity (Wildman–Crippen MR) is 120 cm³/mol. The van der Waals surface area contributed by atoms with Gasteiger partial charge in [0.15, 0.2) is 18.1 Å². The van der Waals surface area contributed by atoms with Crippen molar-refractivity contribution in [1.29, 1.82) is 10.5 Å². The Balaban J connectivity index is 1.71. The van der Waals surface area contributed by atoms with E-state index in [0.717, 1.165) is 16.5 Å². The van der Waals surface area contributed by atoms with E-state index in [1.165, 1.54) is 13.2 Å². The summed E-state index contributed by atoms with van der Waals surface area (Å²) in [6, 6.07) is 15.1. The van der Waals surface area contributed by atoms with Crippen LogP contribution < -0.4 is 14.8 Å². The molecule has 7 nitrogen and oxygen atoms in total. The number of benzene rings is 2. The van der Waals surface area contributed by atoms with Crippen LogP contribution in [0.2, 0.25) is 0 Å². The Kier molecular flexibility index (Phi) is 7.31. The van der Waals surface area contributed by atoms with Crippen LogP contribution in [0, 0.1) is 22.7 Å². The summed E-state index contributed by atoms with van der Waals surface area (Å²) >= 11 is 3.40. The SMILES string of the molecule is COc1cc(/C=C(/C#N)C(=O)NCCc2c[nH]c3ccccc23)c(Br)cc1OCC#N. The van der Waals surface area contributed by atoms with Gasteiger partial charge in [0, 0.05) is 28.1 Å². The average molecular weight is 479 g/mol. The fraction of sp³-hybridized carbons (Fsp3) is 0.174. The zero-order chi connectivity index (χ0) is 22.2. The molecule has 156 valence electrons. The number of nitrogens with one attached hydrogen (secondary N) is 2. The number of aromatic amines is 1. The monoisotopic (exact) mass is 478 g/mol. The minimum Gasteiger partial charge on any atom is -0.493 e. The lowest BCUT2D eigenvalue weighted by molar-refractivity contribution is -0.117. The maximum absolute atomic E-state index is 12.5. The average Bonchev–Trinajstić information content (AvgIpc) is 3.20. The number of nitrogens with zero attached hydrogens (tertiary/aromatic N) is 2. The molecule has 0 saturated carbocycles. The van der Waals surface area contributed by atoms with Crippen molar-refractivity contribution in [3.8, 4) is 23.6 Å². The highest BCUT2D eigenvalue weighted by molar-refractivity contribution is 9.10. The second kappa shape index (κ2) is 10.3. The number of carbonyl (C=O) groups is 1. The number of para-hydroxylation sites is 1. The standard InChI is InChI=1S/C23H19BrN4O3/c1-30-21-11-16(19(24)12-22(21)31-9-7-25)10-17(13-26)23(29)27-8-6-15-14-28-20-5-3-2-4-18(15)20/h2-5,10-12,14,28H,6,8-9H2,1H3,(H,27,29)/b17-10-. The lowest BCUT2D eigenvalue weighted by atomic mass is 10.1. The molecule has 31 heavy (non-hydrogen) atoms. The molecule has 2 aromatic carbocycles. The van der Waals surface area contributed by atoms with Gasteiger partial charge in [-0.1, -0.05) is 34.1 Å². The molecule has 2 N–H and O–H groups in total. The van der Waals surface area contributed by atoms with E-state index in [4.69, 9.17) is 14.7 Å². The number of aromatic nitrogens is 1. The predicted octanol–water partition coefficient (Wildman–Crippen LogP) is 4.11. The Labute approximate surface area is 188 Å². The Morgan fingerprint density at radius 3 is 2.81 bits per heavy atom. The molecule has 1 heterocycles. The van der Waals surface area contributed by atoms with Crippen LogP contribution in [-0.2, 0) is 11.2 Å². The van der Waals surface area contributed by atoms with E-state index in [9.17, 15) is 10.1 Å². The van der Waals surface area contributed by atoms with Gasteiger partial charge in [-0.2, -0.15) is 10.5 Å². The molecule has 0 spiro atoms. The number of nitriles is 2. The van der Waals surface area contributed by atoms with E-state index >= 15 is 0 Å². The minimum atomic E-state index is -0.460. The van der Waals surface area contributed by atoms with Crippen molar-refractivity contribution in [2.75, 3.05) is 20.3 Å². The van der Waals surface area contributed by atoms with E-state index in [-0.39, 0.29) is 12.2 Å². The summed E-state index contributed by atoms with van der Waals surface area (Å²) in [6.07, 6.45) is 4.04. The molecule has 0 aliphatic rings. The summed E-state index contributed by atoms with van der Waals surface area (Å²) in [5, 5.41) is 22.1. The number of hydrogen-bond donors (Lipinski definition) is 2. The summed E-state index contributed by atoms with van der Waals surface area (Å²) in [5.74, 6) is 0.314. The quantitative estimate of drug-likeness (QED) is 0.373. The van der Waals surface area contributed by atoms with Crippen molar-refractivity contribution in [2.45, 2.75) is 6.42 Å². The number of H-pyrrole nitrogens is 1. The molecule has 0 saturated heterocycles. The molecule has 1 amide bonds. The summed E-state index contributed by atoms with van der Waals surface area (Å²) in [7, 11) is 1.47. The van der Waals surface area contributed by atoms with Crippen LogP contribution in [0.5, 0.6) is 11.5 Å². The second-order valence-electron chi connectivity index (χ2n) is 6.51. The van der Waals surface area contributed by atoms with Gasteiger partial charge in [0.25, 0.3) is 5.91 Å². The summed E-state index contributed by atoms with van der Waals surface area (Å²) in [4.78, 5) is 15.7. The van der Waals surface area contributed by atoms with Gasteiger partial charge in [0.05, 0.1) is 7.11 Å². The van der Waals surface area contributed by atoms with Crippen molar-refractivity contribution >= 4 is 38.8 Å². The van der Waals surface area contributed by atoms with Crippen LogP contribution in [0.4, 0.5) is 0 Å². The molecule has 0 fully saturated rings. The smallest absolute Gasteiger partial charge is 0.261 e. The molecular formula is C23H19BrN4O3. The molecule has 0 aliphatic carbocycles. The zero-order valence-electron chi connectivity index (χ0n) is 16.7. The van der Waals surface area contributed by atoms with Crippen LogP contribution >= 0.6 is 15.9 Å². The lowest BCUT2D eigenvalue weighted by Gasteiger charge is -2.11. The fourth-order valence-electron chi connectivity index (χ4n) is 3.09. The third-order valence-corrected chi connectivity index (χ3v) is 5.28. The second-order valence-corrected chi connectivity index (χ2v) is 7.36. The summed E-state index contributed by atoms with van der Waals surface area (Å²) < 4.78 is 11.2. The topological polar surface area (TPSA) is 111 Å². The van der Waals surface area contributed by atoms with E-state index in [1.807, 2.05) is 42.6 Å². The van der Waals surface area contributed by atoms with Crippen LogP contribution in [0.25, 0.3) is 17.0 Å². The first kappa shape index (κ1) is 21.9. The number of ether oxygens (including phenoxy) is 2. The molecule has 0 bridgehead atoms. The Morgan fingerprint density at radius 1 is 1.26 bits per heavy atom. The number of amides is 1. The van der Waals surface area contributed by atoms with Crippen molar-refractivity contribution in [3.05, 3.63) is 63.8 Å². The zero-order valence-corrected chi connectivity index (χ0v) is 18.3. The molecule has 3 rings (SSSR count). The molecule has 0 unspecified atom stereocenters. The minimum absolute atomic E-state index is 0.0348. The van der Waals surface area contributed by atoms with Crippen LogP contribution in [0.3, 0.4) is 0 Å². The lowest BCUT2D eigenvalue weighted by Crippen LogP contribution is -2.26. The van der Waals surface area contributed by atoms with Crippen molar-refractivity contribution in [3.63, 3.8) is 0 Å². The van der Waals surface area contributed by atoms with E-state index in [0.29, 0.717) is 34.5 Å². The molecule has 0 atom stereocenters. The Hall–Kier alpha value is -3.75. The van der Waals surface area contributed by atoms with Crippen molar-refractivity contribution < 1.29 is 14.3 Å². The highest BCUT2D eigenvalue weighted by Gasteiger charge is 2.14. The molecular weight excluding hydrogens is 460 g/mol. The maximum atomic E-state index is 12.5. The maximum Gasteiger partial charge on any atom is 0.261 e. The van der Waals surface area contributed by atoms with Crippen LogP contribution in [0.15, 0.2) is 52.6 Å².